The summed E-state index contributed by atoms with van der Waals surface area (Å²) in [5.74, 6) is 1.74. The molecule has 0 radical (unpaired) electrons. The average Bonchev–Trinajstić information content (AvgIpc) is 2.54. The molecule has 2 aliphatic rings. The van der Waals surface area contributed by atoms with Gasteiger partial charge in [0.05, 0.1) is 0 Å². The molecule has 130 valence electrons. The summed E-state index contributed by atoms with van der Waals surface area (Å²) in [6, 6.07) is 0. The number of unbranched alkanes of at least 4 members (excludes halogenated alkanes) is 1. The van der Waals surface area contributed by atoms with Crippen LogP contribution in [0, 0.1) is 11.8 Å². The first-order chi connectivity index (χ1) is 10.8. The SMILES string of the molecule is COCCCCOC[C@H]1CC[C@H](CN2CCN(C)CC2)CC1. The fourth-order valence-corrected chi connectivity index (χ4v) is 3.68. The van der Waals surface area contributed by atoms with Crippen LogP contribution in [0.15, 0.2) is 0 Å². The fraction of sp³-hybridized carbons (Fsp3) is 1.00. The van der Waals surface area contributed by atoms with E-state index in [1.54, 1.807) is 7.11 Å². The van der Waals surface area contributed by atoms with Crippen LogP contribution in [0.3, 0.4) is 0 Å². The molecule has 2 rings (SSSR count). The normalized spacial score (nSPS) is 28.1. The fourth-order valence-electron chi connectivity index (χ4n) is 3.68. The lowest BCUT2D eigenvalue weighted by atomic mass is 9.82. The van der Waals surface area contributed by atoms with Crippen molar-refractivity contribution >= 4 is 0 Å². The third-order valence-electron chi connectivity index (χ3n) is 5.32. The Kier molecular flexibility index (Phi) is 8.75. The quantitative estimate of drug-likeness (QED) is 0.611. The first-order valence-corrected chi connectivity index (χ1v) is 9.25. The number of methoxy groups -OCH3 is 1. The molecule has 0 aromatic rings. The molecule has 4 heteroatoms. The van der Waals surface area contributed by atoms with Gasteiger partial charge in [-0.25, -0.2) is 0 Å². The maximum Gasteiger partial charge on any atom is 0.0494 e. The maximum atomic E-state index is 5.85. The van der Waals surface area contributed by atoms with Crippen molar-refractivity contribution in [2.24, 2.45) is 11.8 Å². The number of piperazine rings is 1. The van der Waals surface area contributed by atoms with Gasteiger partial charge in [-0.05, 0) is 57.4 Å². The van der Waals surface area contributed by atoms with E-state index in [1.165, 1.54) is 58.4 Å². The summed E-state index contributed by atoms with van der Waals surface area (Å²) >= 11 is 0. The number of likely N-dealkylation sites (N-methyl/N-ethyl adjacent to an activating group) is 1. The van der Waals surface area contributed by atoms with Gasteiger partial charge in [-0.15, -0.1) is 0 Å². The molecule has 2 fully saturated rings. The lowest BCUT2D eigenvalue weighted by Crippen LogP contribution is -2.46. The van der Waals surface area contributed by atoms with E-state index in [4.69, 9.17) is 9.47 Å². The van der Waals surface area contributed by atoms with E-state index in [0.29, 0.717) is 0 Å². The van der Waals surface area contributed by atoms with Gasteiger partial charge in [0, 0.05) is 59.7 Å². The van der Waals surface area contributed by atoms with Crippen molar-refractivity contribution in [2.75, 3.05) is 66.7 Å². The Morgan fingerprint density at radius 2 is 1.50 bits per heavy atom. The summed E-state index contributed by atoms with van der Waals surface area (Å²) in [5, 5.41) is 0. The van der Waals surface area contributed by atoms with E-state index >= 15 is 0 Å². The maximum absolute atomic E-state index is 5.85. The van der Waals surface area contributed by atoms with Gasteiger partial charge in [0.1, 0.15) is 0 Å². The van der Waals surface area contributed by atoms with E-state index in [9.17, 15) is 0 Å². The van der Waals surface area contributed by atoms with Gasteiger partial charge >= 0.3 is 0 Å². The first-order valence-electron chi connectivity index (χ1n) is 9.25. The third-order valence-corrected chi connectivity index (χ3v) is 5.32. The Morgan fingerprint density at radius 3 is 2.18 bits per heavy atom. The van der Waals surface area contributed by atoms with Gasteiger partial charge < -0.3 is 19.3 Å². The Morgan fingerprint density at radius 1 is 0.864 bits per heavy atom. The van der Waals surface area contributed by atoms with Crippen LogP contribution in [0.4, 0.5) is 0 Å². The highest BCUT2D eigenvalue weighted by Gasteiger charge is 2.24. The van der Waals surface area contributed by atoms with Gasteiger partial charge in [0.25, 0.3) is 0 Å². The van der Waals surface area contributed by atoms with Gasteiger partial charge in [0.15, 0.2) is 0 Å². The minimum absolute atomic E-state index is 0.811. The van der Waals surface area contributed by atoms with Crippen molar-refractivity contribution in [1.82, 2.24) is 9.80 Å². The molecule has 0 bridgehead atoms. The van der Waals surface area contributed by atoms with Crippen LogP contribution in [0.2, 0.25) is 0 Å². The van der Waals surface area contributed by atoms with E-state index in [-0.39, 0.29) is 0 Å². The molecule has 0 N–H and O–H groups in total. The average molecular weight is 312 g/mol. The van der Waals surface area contributed by atoms with Crippen LogP contribution >= 0.6 is 0 Å². The molecule has 22 heavy (non-hydrogen) atoms. The van der Waals surface area contributed by atoms with Crippen molar-refractivity contribution in [3.05, 3.63) is 0 Å². The van der Waals surface area contributed by atoms with E-state index < -0.39 is 0 Å². The monoisotopic (exact) mass is 312 g/mol. The number of nitrogens with zero attached hydrogens (tertiary/aromatic N) is 2. The molecule has 1 aliphatic heterocycles. The van der Waals surface area contributed by atoms with Crippen LogP contribution in [-0.4, -0.2) is 76.5 Å². The Hall–Kier alpha value is -0.160. The van der Waals surface area contributed by atoms with Gasteiger partial charge in [0.2, 0.25) is 0 Å². The molecule has 0 aromatic carbocycles. The highest BCUT2D eigenvalue weighted by Crippen LogP contribution is 2.29. The number of ether oxygens (including phenoxy) is 2. The molecular weight excluding hydrogens is 276 g/mol. The summed E-state index contributed by atoms with van der Waals surface area (Å²) in [6.45, 7) is 9.10. The number of rotatable bonds is 9. The molecule has 1 heterocycles. The van der Waals surface area contributed by atoms with E-state index in [1.807, 2.05) is 0 Å². The summed E-state index contributed by atoms with van der Waals surface area (Å²) in [6.07, 6.45) is 7.81. The molecule has 1 saturated carbocycles. The van der Waals surface area contributed by atoms with Gasteiger partial charge in [-0.3, -0.25) is 0 Å². The molecule has 0 unspecified atom stereocenters. The lowest BCUT2D eigenvalue weighted by Gasteiger charge is -2.36. The van der Waals surface area contributed by atoms with Crippen LogP contribution in [0.1, 0.15) is 38.5 Å². The Labute approximate surface area is 137 Å². The molecule has 4 nitrogen and oxygen atoms in total. The zero-order valence-corrected chi connectivity index (χ0v) is 14.8. The third kappa shape index (κ3) is 6.95. The highest BCUT2D eigenvalue weighted by atomic mass is 16.5. The Balaban J connectivity index is 1.49. The summed E-state index contributed by atoms with van der Waals surface area (Å²) in [4.78, 5) is 5.12. The van der Waals surface area contributed by atoms with Crippen LogP contribution in [0.25, 0.3) is 0 Å². The zero-order valence-electron chi connectivity index (χ0n) is 14.8. The second-order valence-electron chi connectivity index (χ2n) is 7.27. The topological polar surface area (TPSA) is 24.9 Å². The van der Waals surface area contributed by atoms with E-state index in [2.05, 4.69) is 16.8 Å². The number of hydrogen-bond acceptors (Lipinski definition) is 4. The molecule has 0 spiro atoms. The molecule has 1 saturated heterocycles. The molecule has 0 aromatic heterocycles. The molecular formula is C18H36N2O2. The Bertz CT molecular complexity index is 272. The lowest BCUT2D eigenvalue weighted by molar-refractivity contribution is 0.0631. The van der Waals surface area contributed by atoms with Crippen molar-refractivity contribution in [1.29, 1.82) is 0 Å². The minimum atomic E-state index is 0.811. The molecule has 1 aliphatic carbocycles. The van der Waals surface area contributed by atoms with Crippen LogP contribution in [-0.2, 0) is 9.47 Å². The van der Waals surface area contributed by atoms with Crippen molar-refractivity contribution in [2.45, 2.75) is 38.5 Å². The predicted octanol–water partition coefficient (Wildman–Crippen LogP) is 2.48. The van der Waals surface area contributed by atoms with Gasteiger partial charge in [-0.1, -0.05) is 0 Å². The van der Waals surface area contributed by atoms with Crippen LogP contribution < -0.4 is 0 Å². The smallest absolute Gasteiger partial charge is 0.0494 e. The summed E-state index contributed by atoms with van der Waals surface area (Å²) < 4.78 is 10.9. The second kappa shape index (κ2) is 10.6. The summed E-state index contributed by atoms with van der Waals surface area (Å²) in [7, 11) is 4.00. The van der Waals surface area contributed by atoms with Crippen molar-refractivity contribution in [3.63, 3.8) is 0 Å². The minimum Gasteiger partial charge on any atom is -0.385 e. The van der Waals surface area contributed by atoms with Crippen molar-refractivity contribution in [3.8, 4) is 0 Å². The van der Waals surface area contributed by atoms with Crippen molar-refractivity contribution < 1.29 is 9.47 Å². The number of hydrogen-bond donors (Lipinski definition) is 0. The van der Waals surface area contributed by atoms with Gasteiger partial charge in [-0.2, -0.15) is 0 Å². The standard InChI is InChI=1S/C18H36N2O2/c1-19-9-11-20(12-10-19)15-17-5-7-18(8-6-17)16-22-14-4-3-13-21-2/h17-18H,3-16H2,1-2H3/t17-,18-. The highest BCUT2D eigenvalue weighted by molar-refractivity contribution is 4.77. The zero-order chi connectivity index (χ0) is 15.6. The first kappa shape index (κ1) is 18.2. The second-order valence-corrected chi connectivity index (χ2v) is 7.27. The largest absolute Gasteiger partial charge is 0.385 e. The molecule has 0 atom stereocenters. The van der Waals surface area contributed by atoms with Crippen LogP contribution in [0.5, 0.6) is 0 Å². The predicted molar refractivity (Wildman–Crippen MR) is 91.3 cm³/mol. The molecule has 0 amide bonds. The summed E-state index contributed by atoms with van der Waals surface area (Å²) in [5.41, 5.74) is 0. The van der Waals surface area contributed by atoms with E-state index in [0.717, 1.165) is 44.5 Å².